The van der Waals surface area contributed by atoms with E-state index in [1.165, 1.54) is 0 Å². The summed E-state index contributed by atoms with van der Waals surface area (Å²) in [6, 6.07) is 8.31. The van der Waals surface area contributed by atoms with Crippen molar-refractivity contribution in [1.82, 2.24) is 25.3 Å². The summed E-state index contributed by atoms with van der Waals surface area (Å²) < 4.78 is 0. The summed E-state index contributed by atoms with van der Waals surface area (Å²) in [7, 11) is 2.05. The van der Waals surface area contributed by atoms with Crippen LogP contribution >= 0.6 is 0 Å². The van der Waals surface area contributed by atoms with Gasteiger partial charge in [-0.2, -0.15) is 0 Å². The van der Waals surface area contributed by atoms with Crippen molar-refractivity contribution in [3.63, 3.8) is 0 Å². The maximum absolute atomic E-state index is 13.7. The van der Waals surface area contributed by atoms with Gasteiger partial charge in [-0.1, -0.05) is 43.8 Å². The van der Waals surface area contributed by atoms with Crippen molar-refractivity contribution < 1.29 is 9.59 Å². The Bertz CT molecular complexity index is 1030. The fourth-order valence-electron chi connectivity index (χ4n) is 5.83. The zero-order valence-electron chi connectivity index (χ0n) is 22.8. The van der Waals surface area contributed by atoms with Gasteiger partial charge in [0.15, 0.2) is 5.78 Å². The number of likely N-dealkylation sites (N-methyl/N-ethyl adjacent to an activating group) is 1. The molecule has 4 rings (SSSR count). The summed E-state index contributed by atoms with van der Waals surface area (Å²) in [5, 5.41) is 6.67. The van der Waals surface area contributed by atoms with Gasteiger partial charge in [0, 0.05) is 70.2 Å². The van der Waals surface area contributed by atoms with Crippen LogP contribution in [0.4, 0.5) is 0 Å². The van der Waals surface area contributed by atoms with Gasteiger partial charge >= 0.3 is 0 Å². The molecule has 37 heavy (non-hydrogen) atoms. The largest absolute Gasteiger partial charge is 0.369 e. The van der Waals surface area contributed by atoms with Gasteiger partial charge in [0.2, 0.25) is 5.91 Å². The van der Waals surface area contributed by atoms with E-state index < -0.39 is 5.54 Å². The Labute approximate surface area is 222 Å². The monoisotopic (exact) mass is 505 g/mol. The van der Waals surface area contributed by atoms with Crippen LogP contribution in [0.3, 0.4) is 0 Å². The molecule has 0 radical (unpaired) electrons. The fraction of sp³-hybridized carbons (Fsp3) is 0.533. The standard InChI is InChI=1S/C30H43N5O2/c1-5-27(34-17-13-31-14-18-34)12-11-26-22-33(4)30(6-2,28(26)36)21-24-7-9-25(10-8-24)23(3)29(37)35-19-15-32-16-20-35/h5,7-12,23,31-32H,1,6,13-22H2,2-4H3/b26-11+,27-12+. The first kappa shape index (κ1) is 27.3. The summed E-state index contributed by atoms with van der Waals surface area (Å²) in [4.78, 5) is 33.2. The summed E-state index contributed by atoms with van der Waals surface area (Å²) in [6.07, 6.45) is 7.34. The molecule has 7 heteroatoms. The van der Waals surface area contributed by atoms with Gasteiger partial charge in [-0.15, -0.1) is 0 Å². The highest BCUT2D eigenvalue weighted by atomic mass is 16.2. The van der Waals surface area contributed by atoms with Gasteiger partial charge in [0.1, 0.15) is 0 Å². The number of piperazine rings is 2. The van der Waals surface area contributed by atoms with E-state index in [0.29, 0.717) is 13.0 Å². The first-order valence-electron chi connectivity index (χ1n) is 13.7. The topological polar surface area (TPSA) is 67.9 Å². The molecule has 7 nitrogen and oxygen atoms in total. The maximum Gasteiger partial charge on any atom is 0.229 e. The van der Waals surface area contributed by atoms with Gasteiger partial charge in [-0.05, 0) is 50.1 Å². The number of benzene rings is 1. The molecule has 2 unspecified atom stereocenters. The second-order valence-corrected chi connectivity index (χ2v) is 10.5. The first-order chi connectivity index (χ1) is 17.9. The van der Waals surface area contributed by atoms with E-state index in [9.17, 15) is 9.59 Å². The van der Waals surface area contributed by atoms with Crippen molar-refractivity contribution in [2.24, 2.45) is 0 Å². The predicted octanol–water partition coefficient (Wildman–Crippen LogP) is 2.33. The molecule has 3 heterocycles. The van der Waals surface area contributed by atoms with E-state index in [1.807, 2.05) is 24.0 Å². The van der Waals surface area contributed by atoms with Crippen LogP contribution in [-0.4, -0.2) is 97.9 Å². The second kappa shape index (κ2) is 12.2. The molecule has 0 aliphatic carbocycles. The third-order valence-corrected chi connectivity index (χ3v) is 8.36. The molecule has 3 fully saturated rings. The van der Waals surface area contributed by atoms with E-state index in [0.717, 1.165) is 81.2 Å². The van der Waals surface area contributed by atoms with Crippen molar-refractivity contribution in [3.05, 3.63) is 71.5 Å². The third-order valence-electron chi connectivity index (χ3n) is 8.36. The molecular formula is C30H43N5O2. The van der Waals surface area contributed by atoms with Crippen LogP contribution in [0.25, 0.3) is 0 Å². The molecule has 3 aliphatic heterocycles. The normalized spacial score (nSPS) is 25.5. The molecule has 200 valence electrons. The Kier molecular flexibility index (Phi) is 9.00. The van der Waals surface area contributed by atoms with E-state index in [4.69, 9.17) is 0 Å². The number of carbonyl (C=O) groups is 2. The zero-order chi connectivity index (χ0) is 26.4. The quantitative estimate of drug-likeness (QED) is 0.418. The number of Topliss-reactive ketones (excluding diaryl/α,β-unsaturated/α-hetero) is 1. The molecule has 3 aliphatic rings. The van der Waals surface area contributed by atoms with Crippen molar-refractivity contribution >= 4 is 11.7 Å². The highest BCUT2D eigenvalue weighted by Gasteiger charge is 2.47. The summed E-state index contributed by atoms with van der Waals surface area (Å²) in [5.74, 6) is 0.232. The number of carbonyl (C=O) groups excluding carboxylic acids is 2. The van der Waals surface area contributed by atoms with E-state index in [-0.39, 0.29) is 17.6 Å². The van der Waals surface area contributed by atoms with Crippen LogP contribution in [0.2, 0.25) is 0 Å². The maximum atomic E-state index is 13.7. The Balaban J connectivity index is 1.47. The average molecular weight is 506 g/mol. The molecule has 1 amide bonds. The van der Waals surface area contributed by atoms with E-state index in [1.54, 1.807) is 0 Å². The lowest BCUT2D eigenvalue weighted by molar-refractivity contribution is -0.133. The Morgan fingerprint density at radius 1 is 1.05 bits per heavy atom. The summed E-state index contributed by atoms with van der Waals surface area (Å²) in [6.45, 7) is 15.8. The van der Waals surface area contributed by atoms with Gasteiger partial charge < -0.3 is 20.4 Å². The zero-order valence-corrected chi connectivity index (χ0v) is 22.8. The smallest absolute Gasteiger partial charge is 0.229 e. The Morgan fingerprint density at radius 3 is 2.22 bits per heavy atom. The lowest BCUT2D eigenvalue weighted by atomic mass is 9.83. The summed E-state index contributed by atoms with van der Waals surface area (Å²) in [5.41, 5.74) is 3.52. The van der Waals surface area contributed by atoms with Crippen LogP contribution in [0.1, 0.15) is 37.3 Å². The van der Waals surface area contributed by atoms with Crippen LogP contribution in [0.5, 0.6) is 0 Å². The lowest BCUT2D eigenvalue weighted by Crippen LogP contribution is -2.48. The molecule has 2 N–H and O–H groups in total. The van der Waals surface area contributed by atoms with E-state index >= 15 is 0 Å². The minimum absolute atomic E-state index is 0.167. The predicted molar refractivity (Wildman–Crippen MR) is 149 cm³/mol. The van der Waals surface area contributed by atoms with Crippen molar-refractivity contribution in [2.75, 3.05) is 66.0 Å². The minimum Gasteiger partial charge on any atom is -0.369 e. The van der Waals surface area contributed by atoms with Crippen LogP contribution < -0.4 is 10.6 Å². The minimum atomic E-state index is -0.549. The second-order valence-electron chi connectivity index (χ2n) is 10.5. The number of nitrogens with zero attached hydrogens (tertiary/aromatic N) is 3. The Hall–Kier alpha value is -2.74. The van der Waals surface area contributed by atoms with Crippen LogP contribution in [-0.2, 0) is 16.0 Å². The average Bonchev–Trinajstić information content (AvgIpc) is 3.18. The molecule has 1 aromatic carbocycles. The van der Waals surface area contributed by atoms with Gasteiger partial charge in [0.25, 0.3) is 0 Å². The molecular weight excluding hydrogens is 462 g/mol. The molecule has 3 saturated heterocycles. The van der Waals surface area contributed by atoms with Gasteiger partial charge in [-0.25, -0.2) is 0 Å². The number of allylic oxidation sites excluding steroid dienone is 3. The fourth-order valence-corrected chi connectivity index (χ4v) is 5.83. The number of rotatable bonds is 8. The molecule has 0 saturated carbocycles. The first-order valence-corrected chi connectivity index (χ1v) is 13.7. The number of amides is 1. The lowest BCUT2D eigenvalue weighted by Gasteiger charge is -2.33. The molecule has 0 bridgehead atoms. The van der Waals surface area contributed by atoms with Crippen molar-refractivity contribution in [3.8, 4) is 0 Å². The number of nitrogens with one attached hydrogen (secondary N) is 2. The highest BCUT2D eigenvalue weighted by molar-refractivity contribution is 6.05. The molecule has 2 atom stereocenters. The third kappa shape index (κ3) is 5.89. The molecule has 0 spiro atoms. The van der Waals surface area contributed by atoms with Crippen molar-refractivity contribution in [2.45, 2.75) is 38.1 Å². The number of hydrogen-bond acceptors (Lipinski definition) is 6. The number of hydrogen-bond donors (Lipinski definition) is 2. The van der Waals surface area contributed by atoms with E-state index in [2.05, 4.69) is 71.3 Å². The van der Waals surface area contributed by atoms with Crippen LogP contribution in [0.15, 0.2) is 60.3 Å². The van der Waals surface area contributed by atoms with Crippen molar-refractivity contribution in [1.29, 1.82) is 0 Å². The SMILES string of the molecule is C=C/C(=C\C=C1/CN(C)C(CC)(Cc2ccc(C(C)C(=O)N3CCNCC3)cc2)C1=O)N1CCNCC1. The highest BCUT2D eigenvalue weighted by Crippen LogP contribution is 2.35. The molecule has 1 aromatic rings. The number of likely N-dealkylation sites (tertiary alicyclic amines) is 1. The molecule has 0 aromatic heterocycles. The number of ketones is 1. The van der Waals surface area contributed by atoms with Gasteiger partial charge in [0.05, 0.1) is 11.5 Å². The summed E-state index contributed by atoms with van der Waals surface area (Å²) >= 11 is 0. The van der Waals surface area contributed by atoms with Gasteiger partial charge in [-0.3, -0.25) is 14.5 Å². The van der Waals surface area contributed by atoms with Crippen LogP contribution in [0, 0.1) is 0 Å². The Morgan fingerprint density at radius 2 is 1.65 bits per heavy atom.